The lowest BCUT2D eigenvalue weighted by molar-refractivity contribution is 0.552. The Labute approximate surface area is 136 Å². The van der Waals surface area contributed by atoms with Gasteiger partial charge in [-0.3, -0.25) is 0 Å². The molecule has 0 spiro atoms. The van der Waals surface area contributed by atoms with Gasteiger partial charge in [0.15, 0.2) is 0 Å². The maximum atomic E-state index is 13.4. The summed E-state index contributed by atoms with van der Waals surface area (Å²) in [5, 5.41) is 9.24. The number of benzene rings is 2. The van der Waals surface area contributed by atoms with Crippen LogP contribution in [-0.4, -0.2) is 24.8 Å². The van der Waals surface area contributed by atoms with Gasteiger partial charge in [0, 0.05) is 13.6 Å². The van der Waals surface area contributed by atoms with Gasteiger partial charge in [-0.2, -0.15) is 5.26 Å². The number of nitriles is 1. The van der Waals surface area contributed by atoms with E-state index in [9.17, 15) is 9.65 Å². The first-order valence-electron chi connectivity index (χ1n) is 7.56. The molecule has 0 saturated carbocycles. The number of hydrogen-bond acceptors (Lipinski definition) is 2. The van der Waals surface area contributed by atoms with E-state index < -0.39 is 0 Å². The van der Waals surface area contributed by atoms with E-state index >= 15 is 0 Å². The molecule has 0 heterocycles. The quantitative estimate of drug-likeness (QED) is 0.613. The smallest absolute Gasteiger partial charge is 0.123 e. The molecule has 0 fully saturated rings. The van der Waals surface area contributed by atoms with E-state index in [1.807, 2.05) is 37.9 Å². The zero-order chi connectivity index (χ0) is 16.8. The van der Waals surface area contributed by atoms with Crippen molar-refractivity contribution in [3.63, 3.8) is 0 Å². The molecule has 0 amide bonds. The molecule has 2 aromatic rings. The van der Waals surface area contributed by atoms with Crippen LogP contribution < -0.4 is 0 Å². The fourth-order valence-electron chi connectivity index (χ4n) is 2.25. The van der Waals surface area contributed by atoms with Gasteiger partial charge in [0.1, 0.15) is 5.82 Å². The summed E-state index contributed by atoms with van der Waals surface area (Å²) >= 11 is 0. The summed E-state index contributed by atoms with van der Waals surface area (Å²) in [6, 6.07) is 12.3. The second-order valence-electron chi connectivity index (χ2n) is 5.52. The topological polar surface area (TPSA) is 39.4 Å². The van der Waals surface area contributed by atoms with Crippen LogP contribution in [0.15, 0.2) is 41.4 Å². The molecular formula is C19H20FN3. The summed E-state index contributed by atoms with van der Waals surface area (Å²) in [7, 11) is 1.95. The standard InChI is InChI=1S/C19H20FN3/c1-4-23(3)13-22-19-11-16(12-21)9-17(14(19)2)8-15-6-5-7-18(20)10-15/h5-7,9-11,13H,4,8H2,1-3H3/b22-13-. The Kier molecular flexibility index (Phi) is 5.48. The molecule has 0 bridgehead atoms. The molecule has 0 aromatic heterocycles. The van der Waals surface area contributed by atoms with Crippen molar-refractivity contribution in [2.75, 3.05) is 13.6 Å². The van der Waals surface area contributed by atoms with Crippen molar-refractivity contribution in [3.05, 3.63) is 64.5 Å². The predicted octanol–water partition coefficient (Wildman–Crippen LogP) is 4.21. The molecule has 118 valence electrons. The number of nitrogens with zero attached hydrogens (tertiary/aromatic N) is 3. The molecule has 0 radical (unpaired) electrons. The largest absolute Gasteiger partial charge is 0.366 e. The van der Waals surface area contributed by atoms with E-state index in [0.29, 0.717) is 12.0 Å². The van der Waals surface area contributed by atoms with Gasteiger partial charge in [-0.1, -0.05) is 12.1 Å². The SMILES string of the molecule is CCN(C)/C=N\c1cc(C#N)cc(Cc2cccc(F)c2)c1C. The average molecular weight is 309 g/mol. The molecule has 0 aliphatic carbocycles. The zero-order valence-corrected chi connectivity index (χ0v) is 13.7. The van der Waals surface area contributed by atoms with Gasteiger partial charge in [-0.05, 0) is 61.2 Å². The van der Waals surface area contributed by atoms with E-state index in [1.54, 1.807) is 18.5 Å². The zero-order valence-electron chi connectivity index (χ0n) is 13.7. The molecule has 2 aromatic carbocycles. The van der Waals surface area contributed by atoms with Crippen molar-refractivity contribution in [2.24, 2.45) is 4.99 Å². The van der Waals surface area contributed by atoms with E-state index in [1.165, 1.54) is 12.1 Å². The van der Waals surface area contributed by atoms with Gasteiger partial charge in [0.25, 0.3) is 0 Å². The van der Waals surface area contributed by atoms with Crippen molar-refractivity contribution >= 4 is 12.0 Å². The minimum absolute atomic E-state index is 0.251. The highest BCUT2D eigenvalue weighted by Gasteiger charge is 2.08. The normalized spacial score (nSPS) is 10.7. The molecule has 0 unspecified atom stereocenters. The summed E-state index contributed by atoms with van der Waals surface area (Å²) in [6.07, 6.45) is 2.33. The van der Waals surface area contributed by atoms with E-state index in [4.69, 9.17) is 0 Å². The fourth-order valence-corrected chi connectivity index (χ4v) is 2.25. The fraction of sp³-hybridized carbons (Fsp3) is 0.263. The second kappa shape index (κ2) is 7.55. The predicted molar refractivity (Wildman–Crippen MR) is 91.6 cm³/mol. The number of halogens is 1. The van der Waals surface area contributed by atoms with Gasteiger partial charge in [-0.25, -0.2) is 9.38 Å². The Bertz CT molecular complexity index is 760. The molecule has 0 saturated heterocycles. The molecule has 0 aliphatic rings. The molecular weight excluding hydrogens is 289 g/mol. The third-order valence-corrected chi connectivity index (χ3v) is 3.79. The van der Waals surface area contributed by atoms with Gasteiger partial charge < -0.3 is 4.90 Å². The van der Waals surface area contributed by atoms with Crippen LogP contribution in [0.4, 0.5) is 10.1 Å². The molecule has 4 heteroatoms. The first-order valence-corrected chi connectivity index (χ1v) is 7.56. The van der Waals surface area contributed by atoms with Crippen LogP contribution in [0.1, 0.15) is 29.2 Å². The van der Waals surface area contributed by atoms with Crippen molar-refractivity contribution in [1.29, 1.82) is 5.26 Å². The maximum Gasteiger partial charge on any atom is 0.123 e. The third-order valence-electron chi connectivity index (χ3n) is 3.79. The summed E-state index contributed by atoms with van der Waals surface area (Å²) < 4.78 is 13.4. The lowest BCUT2D eigenvalue weighted by Crippen LogP contribution is -2.14. The molecule has 3 nitrogen and oxygen atoms in total. The van der Waals surface area contributed by atoms with E-state index in [2.05, 4.69) is 11.1 Å². The van der Waals surface area contributed by atoms with Crippen LogP contribution >= 0.6 is 0 Å². The third kappa shape index (κ3) is 4.40. The van der Waals surface area contributed by atoms with Crippen LogP contribution in [0.25, 0.3) is 0 Å². The Morgan fingerprint density at radius 2 is 2.09 bits per heavy atom. The Balaban J connectivity index is 2.39. The molecule has 0 atom stereocenters. The Morgan fingerprint density at radius 1 is 1.30 bits per heavy atom. The van der Waals surface area contributed by atoms with Gasteiger partial charge in [0.05, 0.1) is 23.7 Å². The van der Waals surface area contributed by atoms with Crippen molar-refractivity contribution in [1.82, 2.24) is 4.90 Å². The maximum absolute atomic E-state index is 13.4. The van der Waals surface area contributed by atoms with Gasteiger partial charge in [0.2, 0.25) is 0 Å². The Hall–Kier alpha value is -2.67. The highest BCUT2D eigenvalue weighted by Crippen LogP contribution is 2.26. The van der Waals surface area contributed by atoms with Gasteiger partial charge >= 0.3 is 0 Å². The Morgan fingerprint density at radius 3 is 2.74 bits per heavy atom. The van der Waals surface area contributed by atoms with Crippen molar-refractivity contribution in [3.8, 4) is 6.07 Å². The van der Waals surface area contributed by atoms with E-state index in [0.717, 1.165) is 28.9 Å². The lowest BCUT2D eigenvalue weighted by atomic mass is 9.97. The average Bonchev–Trinajstić information content (AvgIpc) is 2.55. The van der Waals surface area contributed by atoms with Crippen LogP contribution in [0, 0.1) is 24.1 Å². The monoisotopic (exact) mass is 309 g/mol. The lowest BCUT2D eigenvalue weighted by Gasteiger charge is -2.12. The summed E-state index contributed by atoms with van der Waals surface area (Å²) in [4.78, 5) is 6.44. The van der Waals surface area contributed by atoms with Crippen LogP contribution in [0.5, 0.6) is 0 Å². The number of aliphatic imine (C=N–C) groups is 1. The van der Waals surface area contributed by atoms with Crippen LogP contribution in [0.2, 0.25) is 0 Å². The highest BCUT2D eigenvalue weighted by atomic mass is 19.1. The molecule has 0 aliphatic heterocycles. The highest BCUT2D eigenvalue weighted by molar-refractivity contribution is 5.65. The second-order valence-corrected chi connectivity index (χ2v) is 5.52. The summed E-state index contributed by atoms with van der Waals surface area (Å²) in [5.41, 5.74) is 4.21. The minimum Gasteiger partial charge on any atom is -0.366 e. The van der Waals surface area contributed by atoms with Crippen LogP contribution in [0.3, 0.4) is 0 Å². The van der Waals surface area contributed by atoms with Crippen LogP contribution in [-0.2, 0) is 6.42 Å². The molecule has 23 heavy (non-hydrogen) atoms. The summed E-state index contributed by atoms with van der Waals surface area (Å²) in [5.74, 6) is -0.251. The number of rotatable bonds is 5. The van der Waals surface area contributed by atoms with Gasteiger partial charge in [-0.15, -0.1) is 0 Å². The van der Waals surface area contributed by atoms with Crippen molar-refractivity contribution in [2.45, 2.75) is 20.3 Å². The molecule has 2 rings (SSSR count). The van der Waals surface area contributed by atoms with Crippen molar-refractivity contribution < 1.29 is 4.39 Å². The number of hydrogen-bond donors (Lipinski definition) is 0. The molecule has 0 N–H and O–H groups in total. The first kappa shape index (κ1) is 16.7. The summed E-state index contributed by atoms with van der Waals surface area (Å²) in [6.45, 7) is 4.88. The van der Waals surface area contributed by atoms with E-state index in [-0.39, 0.29) is 5.82 Å². The minimum atomic E-state index is -0.251. The first-order chi connectivity index (χ1) is 11.0.